The van der Waals surface area contributed by atoms with E-state index in [1.165, 1.54) is 70.3 Å². The van der Waals surface area contributed by atoms with Crippen LogP contribution in [0.15, 0.2) is 24.3 Å². The number of piperidine rings is 1. The molecule has 0 amide bonds. The van der Waals surface area contributed by atoms with Crippen LogP contribution in [0.1, 0.15) is 44.1 Å². The molecule has 0 aromatic heterocycles. The number of hydrogen-bond acceptors (Lipinski definition) is 0. The average molecular weight is 292 g/mol. The van der Waals surface area contributed by atoms with Crippen molar-refractivity contribution in [2.75, 3.05) is 26.2 Å². The molecule has 21 heavy (non-hydrogen) atoms. The first kappa shape index (κ1) is 15.0. The molecule has 3 heteroatoms. The predicted octanol–water partition coefficient (Wildman–Crippen LogP) is 0.832. The van der Waals surface area contributed by atoms with E-state index in [1.54, 1.807) is 17.0 Å². The lowest BCUT2D eigenvalue weighted by molar-refractivity contribution is -0.963. The second-order valence-corrected chi connectivity index (χ2v) is 6.90. The molecule has 2 N–H and O–H groups in total. The van der Waals surface area contributed by atoms with E-state index in [4.69, 9.17) is 0 Å². The van der Waals surface area contributed by atoms with E-state index in [1.807, 2.05) is 17.0 Å². The summed E-state index contributed by atoms with van der Waals surface area (Å²) in [7, 11) is 0. The predicted molar refractivity (Wildman–Crippen MR) is 83.0 cm³/mol. The second kappa shape index (κ2) is 7.37. The van der Waals surface area contributed by atoms with E-state index in [0.29, 0.717) is 0 Å². The van der Waals surface area contributed by atoms with Crippen LogP contribution < -0.4 is 9.80 Å². The zero-order chi connectivity index (χ0) is 14.5. The zero-order valence-corrected chi connectivity index (χ0v) is 13.0. The lowest BCUT2D eigenvalue weighted by Gasteiger charge is -2.34. The summed E-state index contributed by atoms with van der Waals surface area (Å²) in [5.41, 5.74) is 1.27. The minimum Gasteiger partial charge on any atom is -0.332 e. The summed E-state index contributed by atoms with van der Waals surface area (Å²) in [5.74, 6) is -0.128. The molecule has 0 saturated carbocycles. The van der Waals surface area contributed by atoms with Gasteiger partial charge in [0.25, 0.3) is 0 Å². The molecule has 0 unspecified atom stereocenters. The minimum absolute atomic E-state index is 0.128. The Labute approximate surface area is 127 Å². The number of quaternary nitrogens is 2. The highest BCUT2D eigenvalue weighted by molar-refractivity contribution is 5.14. The van der Waals surface area contributed by atoms with Gasteiger partial charge in [-0.25, -0.2) is 4.39 Å². The van der Waals surface area contributed by atoms with Crippen LogP contribution in [0.3, 0.4) is 0 Å². The van der Waals surface area contributed by atoms with E-state index in [2.05, 4.69) is 0 Å². The first-order chi connectivity index (χ1) is 10.3. The SMILES string of the molecule is Fc1ccc(C[NH+]2CCC([NH+]3CCCCCC3)CC2)cc1. The average Bonchev–Trinajstić information content (AvgIpc) is 2.80. The van der Waals surface area contributed by atoms with E-state index < -0.39 is 0 Å². The van der Waals surface area contributed by atoms with Crippen molar-refractivity contribution in [3.05, 3.63) is 35.6 Å². The van der Waals surface area contributed by atoms with Crippen molar-refractivity contribution >= 4 is 0 Å². The van der Waals surface area contributed by atoms with Gasteiger partial charge in [0.1, 0.15) is 12.4 Å². The Morgan fingerprint density at radius 2 is 1.48 bits per heavy atom. The van der Waals surface area contributed by atoms with Crippen LogP contribution >= 0.6 is 0 Å². The van der Waals surface area contributed by atoms with Gasteiger partial charge in [0.15, 0.2) is 0 Å². The molecular formula is C18H29FN2+2. The summed E-state index contributed by atoms with van der Waals surface area (Å²) in [6.07, 6.45) is 8.48. The Balaban J connectivity index is 1.47. The van der Waals surface area contributed by atoms with Crippen LogP contribution in [0.2, 0.25) is 0 Å². The maximum atomic E-state index is 12.9. The van der Waals surface area contributed by atoms with Gasteiger partial charge < -0.3 is 9.80 Å². The Morgan fingerprint density at radius 3 is 2.10 bits per heavy atom. The third-order valence-corrected chi connectivity index (χ3v) is 5.38. The number of hydrogen-bond donors (Lipinski definition) is 2. The Hall–Kier alpha value is -0.930. The fourth-order valence-electron chi connectivity index (χ4n) is 4.09. The van der Waals surface area contributed by atoms with Gasteiger partial charge in [-0.3, -0.25) is 0 Å². The van der Waals surface area contributed by atoms with Crippen LogP contribution in [-0.2, 0) is 6.54 Å². The van der Waals surface area contributed by atoms with E-state index >= 15 is 0 Å². The summed E-state index contributed by atoms with van der Waals surface area (Å²) < 4.78 is 12.9. The maximum absolute atomic E-state index is 12.9. The number of likely N-dealkylation sites (tertiary alicyclic amines) is 2. The van der Waals surface area contributed by atoms with E-state index in [0.717, 1.165) is 12.6 Å². The van der Waals surface area contributed by atoms with Crippen LogP contribution in [0.5, 0.6) is 0 Å². The van der Waals surface area contributed by atoms with Crippen LogP contribution in [-0.4, -0.2) is 32.2 Å². The largest absolute Gasteiger partial charge is 0.332 e. The van der Waals surface area contributed by atoms with Crippen molar-refractivity contribution in [2.24, 2.45) is 0 Å². The molecule has 3 rings (SSSR count). The third-order valence-electron chi connectivity index (χ3n) is 5.38. The molecule has 0 spiro atoms. The monoisotopic (exact) mass is 292 g/mol. The summed E-state index contributed by atoms with van der Waals surface area (Å²) >= 11 is 0. The van der Waals surface area contributed by atoms with Crippen LogP contribution in [0, 0.1) is 5.82 Å². The molecule has 116 valence electrons. The van der Waals surface area contributed by atoms with Crippen molar-refractivity contribution in [3.63, 3.8) is 0 Å². The Kier molecular flexibility index (Phi) is 5.26. The van der Waals surface area contributed by atoms with Crippen LogP contribution in [0.25, 0.3) is 0 Å². The van der Waals surface area contributed by atoms with Gasteiger partial charge in [0, 0.05) is 18.4 Å². The van der Waals surface area contributed by atoms with Crippen LogP contribution in [0.4, 0.5) is 4.39 Å². The van der Waals surface area contributed by atoms with Gasteiger partial charge in [-0.05, 0) is 37.8 Å². The molecule has 2 fully saturated rings. The molecular weight excluding hydrogens is 263 g/mol. The van der Waals surface area contributed by atoms with E-state index in [-0.39, 0.29) is 5.82 Å². The molecule has 0 radical (unpaired) electrons. The van der Waals surface area contributed by atoms with Gasteiger partial charge in [-0.2, -0.15) is 0 Å². The quantitative estimate of drug-likeness (QED) is 0.817. The summed E-state index contributed by atoms with van der Waals surface area (Å²) in [6.45, 7) is 6.43. The normalized spacial score (nSPS) is 28.2. The van der Waals surface area contributed by atoms with Gasteiger partial charge in [-0.15, -0.1) is 0 Å². The first-order valence-electron chi connectivity index (χ1n) is 8.74. The molecule has 0 aliphatic carbocycles. The fourth-order valence-corrected chi connectivity index (χ4v) is 4.09. The molecule has 2 nitrogen and oxygen atoms in total. The molecule has 2 aliphatic rings. The Morgan fingerprint density at radius 1 is 0.857 bits per heavy atom. The second-order valence-electron chi connectivity index (χ2n) is 6.90. The van der Waals surface area contributed by atoms with Crippen molar-refractivity contribution in [1.29, 1.82) is 0 Å². The summed E-state index contributed by atoms with van der Waals surface area (Å²) in [6, 6.07) is 7.95. The van der Waals surface area contributed by atoms with Crippen molar-refractivity contribution < 1.29 is 14.2 Å². The number of benzene rings is 1. The number of rotatable bonds is 3. The van der Waals surface area contributed by atoms with Crippen molar-refractivity contribution in [3.8, 4) is 0 Å². The summed E-state index contributed by atoms with van der Waals surface area (Å²) in [5, 5.41) is 0. The third kappa shape index (κ3) is 4.27. The first-order valence-corrected chi connectivity index (χ1v) is 8.74. The molecule has 1 aromatic carbocycles. The van der Waals surface area contributed by atoms with Crippen molar-refractivity contribution in [2.45, 2.75) is 51.1 Å². The molecule has 2 saturated heterocycles. The van der Waals surface area contributed by atoms with Gasteiger partial charge in [-0.1, -0.05) is 12.1 Å². The molecule has 2 heterocycles. The molecule has 1 aromatic rings. The zero-order valence-electron chi connectivity index (χ0n) is 13.0. The lowest BCUT2D eigenvalue weighted by Crippen LogP contribution is -3.20. The standard InChI is InChI=1S/C18H27FN2/c19-17-7-5-16(6-8-17)15-20-13-9-18(10-14-20)21-11-3-1-2-4-12-21/h5-8,18H,1-4,9-15H2/p+2. The van der Waals surface area contributed by atoms with Crippen molar-refractivity contribution in [1.82, 2.24) is 0 Å². The van der Waals surface area contributed by atoms with Gasteiger partial charge in [0.05, 0.1) is 32.2 Å². The fraction of sp³-hybridized carbons (Fsp3) is 0.667. The minimum atomic E-state index is -0.128. The smallest absolute Gasteiger partial charge is 0.123 e. The number of nitrogens with one attached hydrogen (secondary N) is 2. The Bertz CT molecular complexity index is 415. The topological polar surface area (TPSA) is 8.88 Å². The number of halogens is 1. The molecule has 2 aliphatic heterocycles. The van der Waals surface area contributed by atoms with Gasteiger partial charge >= 0.3 is 0 Å². The highest BCUT2D eigenvalue weighted by atomic mass is 19.1. The molecule has 0 bridgehead atoms. The highest BCUT2D eigenvalue weighted by Crippen LogP contribution is 2.05. The molecule has 0 atom stereocenters. The lowest BCUT2D eigenvalue weighted by atomic mass is 10.0. The summed E-state index contributed by atoms with van der Waals surface area (Å²) in [4.78, 5) is 3.56. The van der Waals surface area contributed by atoms with E-state index in [9.17, 15) is 4.39 Å². The maximum Gasteiger partial charge on any atom is 0.123 e. The highest BCUT2D eigenvalue weighted by Gasteiger charge is 2.30. The van der Waals surface area contributed by atoms with Gasteiger partial charge in [0.2, 0.25) is 0 Å².